The van der Waals surface area contributed by atoms with Crippen LogP contribution in [0.5, 0.6) is 11.5 Å². The van der Waals surface area contributed by atoms with Crippen LogP contribution in [-0.2, 0) is 0 Å². The molecule has 88 valence electrons. The third-order valence-corrected chi connectivity index (χ3v) is 3.19. The summed E-state index contributed by atoms with van der Waals surface area (Å²) in [4.78, 5) is 0. The van der Waals surface area contributed by atoms with E-state index in [1.807, 2.05) is 53.8 Å². The topological polar surface area (TPSA) is 35.2 Å². The van der Waals surface area contributed by atoms with Gasteiger partial charge in [0.2, 0.25) is 0 Å². The van der Waals surface area contributed by atoms with Gasteiger partial charge < -0.3 is 10.5 Å². The summed E-state index contributed by atoms with van der Waals surface area (Å²) in [5.41, 5.74) is 7.20. The van der Waals surface area contributed by atoms with Crippen LogP contribution in [0.25, 0.3) is 0 Å². The first-order chi connectivity index (χ1) is 8.08. The molecule has 0 fully saturated rings. The molecule has 4 heteroatoms. The predicted molar refractivity (Wildman–Crippen MR) is 74.8 cm³/mol. The summed E-state index contributed by atoms with van der Waals surface area (Å²) < 4.78 is 19.5. The number of anilines is 1. The fraction of sp³-hybridized carbons (Fsp3) is 0.0769. The summed E-state index contributed by atoms with van der Waals surface area (Å²) in [6.07, 6.45) is 0. The zero-order chi connectivity index (χ0) is 12.4. The molecule has 0 atom stereocenters. The second-order valence-corrected chi connectivity index (χ2v) is 4.83. The molecule has 2 rings (SSSR count). The number of benzene rings is 2. The molecule has 17 heavy (non-hydrogen) atoms. The van der Waals surface area contributed by atoms with Gasteiger partial charge in [-0.3, -0.25) is 0 Å². The lowest BCUT2D eigenvalue weighted by Crippen LogP contribution is -1.96. The Morgan fingerprint density at radius 1 is 1.18 bits per heavy atom. The number of ether oxygens (including phenoxy) is 1. The summed E-state index contributed by atoms with van der Waals surface area (Å²) in [6, 6.07) is 10.4. The summed E-state index contributed by atoms with van der Waals surface area (Å²) >= 11 is 1.89. The fourth-order valence-electron chi connectivity index (χ4n) is 1.42. The highest BCUT2D eigenvalue weighted by atomic mass is 127. The Kier molecular flexibility index (Phi) is 3.51. The van der Waals surface area contributed by atoms with E-state index < -0.39 is 0 Å². The first-order valence-electron chi connectivity index (χ1n) is 5.06. The summed E-state index contributed by atoms with van der Waals surface area (Å²) in [7, 11) is 0. The van der Waals surface area contributed by atoms with Crippen molar-refractivity contribution in [3.63, 3.8) is 0 Å². The summed E-state index contributed by atoms with van der Waals surface area (Å²) in [5, 5.41) is 0. The molecule has 2 nitrogen and oxygen atoms in total. The van der Waals surface area contributed by atoms with E-state index in [2.05, 4.69) is 0 Å². The van der Waals surface area contributed by atoms with Crippen molar-refractivity contribution in [3.8, 4) is 11.5 Å². The number of halogens is 2. The minimum absolute atomic E-state index is 0.330. The number of rotatable bonds is 2. The summed E-state index contributed by atoms with van der Waals surface area (Å²) in [6.45, 7) is 1.93. The minimum atomic E-state index is -0.330. The monoisotopic (exact) mass is 343 g/mol. The lowest BCUT2D eigenvalue weighted by Gasteiger charge is -2.11. The van der Waals surface area contributed by atoms with E-state index in [9.17, 15) is 4.39 Å². The van der Waals surface area contributed by atoms with E-state index in [0.717, 1.165) is 5.56 Å². The molecular weight excluding hydrogens is 332 g/mol. The molecule has 0 heterocycles. The Labute approximate surface area is 113 Å². The smallest absolute Gasteiger partial charge is 0.153 e. The van der Waals surface area contributed by atoms with E-state index >= 15 is 0 Å². The van der Waals surface area contributed by atoms with Gasteiger partial charge in [-0.25, -0.2) is 4.39 Å². The second-order valence-electron chi connectivity index (χ2n) is 3.67. The maximum atomic E-state index is 13.4. The fourth-order valence-corrected chi connectivity index (χ4v) is 1.91. The molecule has 2 N–H and O–H groups in total. The average molecular weight is 343 g/mol. The van der Waals surface area contributed by atoms with Crippen LogP contribution in [0.4, 0.5) is 10.1 Å². The number of hydrogen-bond donors (Lipinski definition) is 1. The predicted octanol–water partition coefficient (Wildman–Crippen LogP) is 4.11. The molecule has 2 aromatic rings. The van der Waals surface area contributed by atoms with E-state index in [0.29, 0.717) is 20.8 Å². The van der Waals surface area contributed by atoms with Gasteiger partial charge in [0.25, 0.3) is 0 Å². The molecule has 0 spiro atoms. The van der Waals surface area contributed by atoms with Crippen molar-refractivity contribution in [1.82, 2.24) is 0 Å². The molecule has 0 aliphatic heterocycles. The highest BCUT2D eigenvalue weighted by Gasteiger charge is 2.08. The molecule has 0 bridgehead atoms. The van der Waals surface area contributed by atoms with Gasteiger partial charge in [-0.05, 0) is 47.2 Å². The summed E-state index contributed by atoms with van der Waals surface area (Å²) in [5.74, 6) is 0.695. The van der Waals surface area contributed by atoms with Crippen LogP contribution in [0.15, 0.2) is 36.4 Å². The Bertz CT molecular complexity index is 557. The first kappa shape index (κ1) is 12.2. The minimum Gasteiger partial charge on any atom is -0.455 e. The lowest BCUT2D eigenvalue weighted by atomic mass is 10.2. The van der Waals surface area contributed by atoms with Crippen molar-refractivity contribution >= 4 is 28.3 Å². The third kappa shape index (κ3) is 2.69. The number of nitrogen functional groups attached to an aromatic ring is 1. The Hall–Kier alpha value is -1.30. The Morgan fingerprint density at radius 3 is 2.59 bits per heavy atom. The van der Waals surface area contributed by atoms with Crippen molar-refractivity contribution < 1.29 is 9.13 Å². The van der Waals surface area contributed by atoms with Crippen LogP contribution >= 0.6 is 22.6 Å². The van der Waals surface area contributed by atoms with Crippen LogP contribution in [0.3, 0.4) is 0 Å². The average Bonchev–Trinajstić information content (AvgIpc) is 2.29. The van der Waals surface area contributed by atoms with Crippen molar-refractivity contribution in [2.45, 2.75) is 6.92 Å². The van der Waals surface area contributed by atoms with Crippen molar-refractivity contribution in [3.05, 3.63) is 51.3 Å². The number of para-hydroxylation sites is 1. The number of hydrogen-bond acceptors (Lipinski definition) is 2. The molecule has 2 aromatic carbocycles. The van der Waals surface area contributed by atoms with Gasteiger partial charge in [0, 0.05) is 6.07 Å². The molecule has 0 radical (unpaired) electrons. The van der Waals surface area contributed by atoms with Gasteiger partial charge >= 0.3 is 0 Å². The van der Waals surface area contributed by atoms with E-state index in [1.54, 1.807) is 6.07 Å². The van der Waals surface area contributed by atoms with Crippen LogP contribution in [0, 0.1) is 16.3 Å². The zero-order valence-electron chi connectivity index (χ0n) is 9.21. The van der Waals surface area contributed by atoms with Crippen LogP contribution < -0.4 is 10.5 Å². The molecule has 0 amide bonds. The van der Waals surface area contributed by atoms with Gasteiger partial charge in [0.05, 0.1) is 9.26 Å². The largest absolute Gasteiger partial charge is 0.455 e. The highest BCUT2D eigenvalue weighted by molar-refractivity contribution is 14.1. The molecule has 0 saturated carbocycles. The molecule has 0 saturated heterocycles. The van der Waals surface area contributed by atoms with Gasteiger partial charge in [-0.2, -0.15) is 0 Å². The quantitative estimate of drug-likeness (QED) is 0.658. The Morgan fingerprint density at radius 2 is 1.88 bits per heavy atom. The molecular formula is C13H11FINO. The first-order valence-corrected chi connectivity index (χ1v) is 6.14. The van der Waals surface area contributed by atoms with Gasteiger partial charge in [-0.15, -0.1) is 0 Å². The highest BCUT2D eigenvalue weighted by Crippen LogP contribution is 2.31. The lowest BCUT2D eigenvalue weighted by molar-refractivity contribution is 0.475. The van der Waals surface area contributed by atoms with Crippen LogP contribution in [0.1, 0.15) is 5.56 Å². The van der Waals surface area contributed by atoms with E-state index in [4.69, 9.17) is 10.5 Å². The maximum Gasteiger partial charge on any atom is 0.153 e. The molecule has 0 aromatic heterocycles. The third-order valence-electron chi connectivity index (χ3n) is 2.37. The maximum absolute atomic E-state index is 13.4. The van der Waals surface area contributed by atoms with Crippen molar-refractivity contribution in [2.24, 2.45) is 0 Å². The van der Waals surface area contributed by atoms with Gasteiger partial charge in [0.1, 0.15) is 11.6 Å². The van der Waals surface area contributed by atoms with Crippen LogP contribution in [0.2, 0.25) is 0 Å². The molecule has 0 aliphatic rings. The number of aryl methyl sites for hydroxylation is 1. The number of nitrogens with two attached hydrogens (primary N) is 1. The second kappa shape index (κ2) is 4.91. The van der Waals surface area contributed by atoms with Crippen LogP contribution in [-0.4, -0.2) is 0 Å². The van der Waals surface area contributed by atoms with Crippen molar-refractivity contribution in [1.29, 1.82) is 0 Å². The van der Waals surface area contributed by atoms with E-state index in [1.165, 1.54) is 6.07 Å². The Balaban J connectivity index is 2.37. The van der Waals surface area contributed by atoms with Gasteiger partial charge in [0.15, 0.2) is 5.75 Å². The standard InChI is InChI=1S/C13H11FINO/c1-8-4-2-3-5-12(8)17-13-6-9(14)10(15)7-11(13)16/h2-7H,16H2,1H3. The normalized spacial score (nSPS) is 10.3. The van der Waals surface area contributed by atoms with Crippen molar-refractivity contribution in [2.75, 3.05) is 5.73 Å². The van der Waals surface area contributed by atoms with E-state index in [-0.39, 0.29) is 5.82 Å². The molecule has 0 aliphatic carbocycles. The zero-order valence-corrected chi connectivity index (χ0v) is 11.4. The molecule has 0 unspecified atom stereocenters. The SMILES string of the molecule is Cc1ccccc1Oc1cc(F)c(I)cc1N. The van der Waals surface area contributed by atoms with Gasteiger partial charge in [-0.1, -0.05) is 18.2 Å².